The van der Waals surface area contributed by atoms with E-state index in [1.54, 1.807) is 22.0 Å². The van der Waals surface area contributed by atoms with Gasteiger partial charge >= 0.3 is 0 Å². The third-order valence-corrected chi connectivity index (χ3v) is 8.22. The number of carbonyl (C=O) groups excluding carboxylic acids is 1. The summed E-state index contributed by atoms with van der Waals surface area (Å²) in [6.07, 6.45) is 8.20. The highest BCUT2D eigenvalue weighted by atomic mass is 32.2. The molecule has 0 N–H and O–H groups in total. The predicted octanol–water partition coefficient (Wildman–Crippen LogP) is 4.26. The van der Waals surface area contributed by atoms with Crippen LogP contribution in [-0.2, 0) is 24.2 Å². The van der Waals surface area contributed by atoms with Crippen molar-refractivity contribution in [1.29, 1.82) is 0 Å². The van der Waals surface area contributed by atoms with E-state index in [0.29, 0.717) is 17.6 Å². The lowest BCUT2D eigenvalue weighted by Gasteiger charge is -2.29. The fraction of sp³-hybridized carbons (Fsp3) is 0.591. The molecule has 3 heterocycles. The van der Waals surface area contributed by atoms with Gasteiger partial charge in [0.25, 0.3) is 5.56 Å². The summed E-state index contributed by atoms with van der Waals surface area (Å²) in [5.41, 5.74) is 1.22. The van der Waals surface area contributed by atoms with E-state index < -0.39 is 0 Å². The van der Waals surface area contributed by atoms with Crippen molar-refractivity contribution in [1.82, 2.24) is 14.5 Å². The van der Waals surface area contributed by atoms with Gasteiger partial charge in [0, 0.05) is 24.5 Å². The first kappa shape index (κ1) is 20.7. The molecule has 2 aliphatic rings. The lowest BCUT2D eigenvalue weighted by molar-refractivity contribution is -0.131. The zero-order valence-electron chi connectivity index (χ0n) is 17.3. The van der Waals surface area contributed by atoms with Gasteiger partial charge in [0.15, 0.2) is 5.16 Å². The van der Waals surface area contributed by atoms with Gasteiger partial charge in [-0.05, 0) is 56.9 Å². The predicted molar refractivity (Wildman–Crippen MR) is 121 cm³/mol. The number of piperidine rings is 1. The summed E-state index contributed by atoms with van der Waals surface area (Å²) >= 11 is 3.07. The number of thiophene rings is 1. The fourth-order valence-electron chi connectivity index (χ4n) is 4.36. The summed E-state index contributed by atoms with van der Waals surface area (Å²) in [7, 11) is 0. The van der Waals surface area contributed by atoms with Gasteiger partial charge in [-0.15, -0.1) is 17.9 Å². The van der Waals surface area contributed by atoms with Crippen LogP contribution in [-0.4, -0.2) is 38.7 Å². The van der Waals surface area contributed by atoms with Gasteiger partial charge in [0.2, 0.25) is 5.91 Å². The van der Waals surface area contributed by atoms with E-state index in [2.05, 4.69) is 13.5 Å². The molecule has 1 saturated heterocycles. The van der Waals surface area contributed by atoms with Crippen LogP contribution >= 0.6 is 23.1 Å². The van der Waals surface area contributed by atoms with Gasteiger partial charge in [-0.3, -0.25) is 14.2 Å². The van der Waals surface area contributed by atoms with Crippen LogP contribution in [0.25, 0.3) is 10.2 Å². The molecule has 4 rings (SSSR count). The van der Waals surface area contributed by atoms with Crippen LogP contribution in [0.5, 0.6) is 0 Å². The number of fused-ring (bicyclic) bond motifs is 3. The second-order valence-corrected chi connectivity index (χ2v) is 10.7. The van der Waals surface area contributed by atoms with E-state index in [1.165, 1.54) is 28.6 Å². The van der Waals surface area contributed by atoms with Crippen molar-refractivity contribution in [2.45, 2.75) is 69.3 Å². The molecule has 156 valence electrons. The zero-order valence-corrected chi connectivity index (χ0v) is 18.9. The maximum Gasteiger partial charge on any atom is 0.263 e. The van der Waals surface area contributed by atoms with Crippen LogP contribution < -0.4 is 5.56 Å². The fourth-order valence-corrected chi connectivity index (χ4v) is 6.79. The Labute approximate surface area is 180 Å². The van der Waals surface area contributed by atoms with Gasteiger partial charge < -0.3 is 4.90 Å². The minimum atomic E-state index is -0.261. The number of hydrogen-bond donors (Lipinski definition) is 0. The molecule has 2 aromatic rings. The van der Waals surface area contributed by atoms with Crippen molar-refractivity contribution < 1.29 is 4.79 Å². The van der Waals surface area contributed by atoms with E-state index >= 15 is 0 Å². The largest absolute Gasteiger partial charge is 0.342 e. The minimum absolute atomic E-state index is 0.0158. The molecule has 1 aliphatic heterocycles. The second kappa shape index (κ2) is 8.64. The number of allylic oxidation sites excluding steroid dienone is 1. The first-order valence-electron chi connectivity index (χ1n) is 10.6. The molecule has 5 nitrogen and oxygen atoms in total. The van der Waals surface area contributed by atoms with Crippen molar-refractivity contribution in [3.63, 3.8) is 0 Å². The number of likely N-dealkylation sites (tertiary alicyclic amines) is 1. The molecule has 0 spiro atoms. The summed E-state index contributed by atoms with van der Waals surface area (Å²) in [5, 5.41) is 1.16. The van der Waals surface area contributed by atoms with Crippen LogP contribution in [0.4, 0.5) is 0 Å². The molecule has 1 fully saturated rings. The highest BCUT2D eigenvalue weighted by molar-refractivity contribution is 8.00. The Balaban J connectivity index is 1.69. The summed E-state index contributed by atoms with van der Waals surface area (Å²) in [6, 6.07) is 0. The van der Waals surface area contributed by atoms with E-state index in [4.69, 9.17) is 4.98 Å². The number of hydrogen-bond acceptors (Lipinski definition) is 5. The smallest absolute Gasteiger partial charge is 0.263 e. The van der Waals surface area contributed by atoms with Gasteiger partial charge in [-0.25, -0.2) is 4.98 Å². The molecule has 0 aromatic carbocycles. The monoisotopic (exact) mass is 431 g/mol. The van der Waals surface area contributed by atoms with Crippen molar-refractivity contribution >= 4 is 39.2 Å². The SMILES string of the molecule is C=CCn1c(SC(C)C(=O)N2CCCCC2)nc2sc3c(c2c1=O)CCC(C)C3. The Morgan fingerprint density at radius 1 is 1.38 bits per heavy atom. The summed E-state index contributed by atoms with van der Waals surface area (Å²) in [5.74, 6) is 0.801. The van der Waals surface area contributed by atoms with Crippen LogP contribution in [0.3, 0.4) is 0 Å². The zero-order chi connectivity index (χ0) is 20.5. The lowest BCUT2D eigenvalue weighted by Crippen LogP contribution is -2.40. The van der Waals surface area contributed by atoms with Crippen LogP contribution in [0, 0.1) is 5.92 Å². The molecule has 2 atom stereocenters. The van der Waals surface area contributed by atoms with Crippen LogP contribution in [0.15, 0.2) is 22.6 Å². The molecule has 2 unspecified atom stereocenters. The topological polar surface area (TPSA) is 55.2 Å². The Hall–Kier alpha value is -1.60. The molecular weight excluding hydrogens is 402 g/mol. The summed E-state index contributed by atoms with van der Waals surface area (Å²) in [4.78, 5) is 35.2. The van der Waals surface area contributed by atoms with E-state index in [9.17, 15) is 9.59 Å². The molecule has 7 heteroatoms. The lowest BCUT2D eigenvalue weighted by atomic mass is 9.89. The summed E-state index contributed by atoms with van der Waals surface area (Å²) in [6.45, 7) is 10.1. The van der Waals surface area contributed by atoms with Gasteiger partial charge in [-0.2, -0.15) is 0 Å². The molecule has 1 aliphatic carbocycles. The molecular formula is C22H29N3O2S2. The molecule has 29 heavy (non-hydrogen) atoms. The number of aryl methyl sites for hydroxylation is 1. The normalized spacial score (nSPS) is 20.5. The van der Waals surface area contributed by atoms with Crippen molar-refractivity contribution in [2.75, 3.05) is 13.1 Å². The Kier molecular flexibility index (Phi) is 6.16. The van der Waals surface area contributed by atoms with Crippen LogP contribution in [0.1, 0.15) is 50.0 Å². The van der Waals surface area contributed by atoms with Gasteiger partial charge in [-0.1, -0.05) is 24.8 Å². The van der Waals surface area contributed by atoms with Crippen molar-refractivity contribution in [2.24, 2.45) is 5.92 Å². The highest BCUT2D eigenvalue weighted by Crippen LogP contribution is 2.37. The quantitative estimate of drug-likeness (QED) is 0.403. The van der Waals surface area contributed by atoms with Crippen molar-refractivity contribution in [3.8, 4) is 0 Å². The Bertz CT molecular complexity index is 988. The van der Waals surface area contributed by atoms with Gasteiger partial charge in [0.05, 0.1) is 10.6 Å². The molecule has 1 amide bonds. The summed E-state index contributed by atoms with van der Waals surface area (Å²) < 4.78 is 1.70. The average Bonchev–Trinajstić information content (AvgIpc) is 3.08. The Morgan fingerprint density at radius 3 is 2.86 bits per heavy atom. The minimum Gasteiger partial charge on any atom is -0.342 e. The highest BCUT2D eigenvalue weighted by Gasteiger charge is 2.27. The molecule has 0 saturated carbocycles. The van der Waals surface area contributed by atoms with E-state index in [-0.39, 0.29) is 16.7 Å². The number of thioether (sulfide) groups is 1. The maximum atomic E-state index is 13.4. The van der Waals surface area contributed by atoms with Crippen LogP contribution in [0.2, 0.25) is 0 Å². The molecule has 2 aromatic heterocycles. The third kappa shape index (κ3) is 4.04. The third-order valence-electron chi connectivity index (χ3n) is 5.99. The number of amides is 1. The van der Waals surface area contributed by atoms with Gasteiger partial charge in [0.1, 0.15) is 4.83 Å². The number of nitrogens with zero attached hydrogens (tertiary/aromatic N) is 3. The number of carbonyl (C=O) groups is 1. The second-order valence-electron chi connectivity index (χ2n) is 8.28. The number of rotatable bonds is 5. The first-order chi connectivity index (χ1) is 14.0. The molecule has 0 radical (unpaired) electrons. The maximum absolute atomic E-state index is 13.4. The Morgan fingerprint density at radius 2 is 2.14 bits per heavy atom. The number of aromatic nitrogens is 2. The van der Waals surface area contributed by atoms with Crippen molar-refractivity contribution in [3.05, 3.63) is 33.4 Å². The van der Waals surface area contributed by atoms with E-state index in [1.807, 2.05) is 11.8 Å². The standard InChI is InChI=1S/C22H29N3O2S2/c1-4-10-25-21(27)18-16-9-8-14(2)13-17(16)29-19(18)23-22(25)28-15(3)20(26)24-11-6-5-7-12-24/h4,14-15H,1,5-13H2,2-3H3. The van der Waals surface area contributed by atoms with E-state index in [0.717, 1.165) is 55.4 Å². The average molecular weight is 432 g/mol. The first-order valence-corrected chi connectivity index (χ1v) is 12.3. The molecule has 0 bridgehead atoms.